The largest absolute Gasteiger partial charge is 0.481 e. The van der Waals surface area contributed by atoms with E-state index in [0.717, 1.165) is 25.7 Å². The Balaban J connectivity index is 2.04. The lowest BCUT2D eigenvalue weighted by Gasteiger charge is -2.28. The number of aliphatic carboxylic acids is 1. The van der Waals surface area contributed by atoms with Crippen molar-refractivity contribution in [2.24, 2.45) is 5.41 Å². The summed E-state index contributed by atoms with van der Waals surface area (Å²) in [6.45, 7) is 0.154. The third-order valence-electron chi connectivity index (χ3n) is 4.09. The zero-order valence-corrected chi connectivity index (χ0v) is 12.5. The van der Waals surface area contributed by atoms with Crippen LogP contribution in [-0.4, -0.2) is 28.5 Å². The van der Waals surface area contributed by atoms with E-state index in [2.05, 4.69) is 10.3 Å². The van der Waals surface area contributed by atoms with Gasteiger partial charge >= 0.3 is 5.97 Å². The molecule has 0 radical (unpaired) electrons. The maximum atomic E-state index is 12.1. The standard InChI is InChI=1S/C15H19ClN2O3/c16-12-9-11(5-8-17-12)13(19)18-10-15(14(20)21)6-3-1-2-4-7-15/h5,8-9H,1-4,6-7,10H2,(H,18,19)(H,20,21). The minimum absolute atomic E-state index is 0.154. The van der Waals surface area contributed by atoms with Crippen molar-refractivity contribution in [3.05, 3.63) is 29.0 Å². The van der Waals surface area contributed by atoms with E-state index in [-0.39, 0.29) is 17.6 Å². The number of hydrogen-bond donors (Lipinski definition) is 2. The molecule has 1 saturated carbocycles. The smallest absolute Gasteiger partial charge is 0.311 e. The Bertz CT molecular complexity index is 525. The van der Waals surface area contributed by atoms with Gasteiger partial charge in [-0.1, -0.05) is 37.3 Å². The first-order valence-electron chi connectivity index (χ1n) is 7.17. The molecule has 1 amide bonds. The molecule has 0 spiro atoms. The molecule has 0 bridgehead atoms. The number of carbonyl (C=O) groups is 2. The van der Waals surface area contributed by atoms with Crippen LogP contribution < -0.4 is 5.32 Å². The number of halogens is 1. The van der Waals surface area contributed by atoms with Crippen LogP contribution in [-0.2, 0) is 4.79 Å². The van der Waals surface area contributed by atoms with Crippen LogP contribution in [0.5, 0.6) is 0 Å². The maximum absolute atomic E-state index is 12.1. The molecule has 0 atom stereocenters. The first-order chi connectivity index (χ1) is 10.0. The fourth-order valence-corrected chi connectivity index (χ4v) is 2.94. The molecule has 0 aromatic carbocycles. The lowest BCUT2D eigenvalue weighted by atomic mass is 9.80. The molecular weight excluding hydrogens is 292 g/mol. The van der Waals surface area contributed by atoms with E-state index < -0.39 is 11.4 Å². The van der Waals surface area contributed by atoms with Crippen molar-refractivity contribution in [3.63, 3.8) is 0 Å². The minimum Gasteiger partial charge on any atom is -0.481 e. The summed E-state index contributed by atoms with van der Waals surface area (Å²) in [5.74, 6) is -1.14. The lowest BCUT2D eigenvalue weighted by Crippen LogP contribution is -2.42. The van der Waals surface area contributed by atoms with E-state index in [0.29, 0.717) is 18.4 Å². The highest BCUT2D eigenvalue weighted by Crippen LogP contribution is 2.34. The zero-order valence-electron chi connectivity index (χ0n) is 11.8. The summed E-state index contributed by atoms with van der Waals surface area (Å²) in [6.07, 6.45) is 6.58. The molecule has 0 unspecified atom stereocenters. The zero-order chi connectivity index (χ0) is 15.3. The Morgan fingerprint density at radius 2 is 1.95 bits per heavy atom. The number of aromatic nitrogens is 1. The lowest BCUT2D eigenvalue weighted by molar-refractivity contribution is -0.149. The predicted octanol–water partition coefficient (Wildman–Crippen LogP) is 2.89. The molecule has 2 rings (SSSR count). The van der Waals surface area contributed by atoms with Gasteiger partial charge in [-0.25, -0.2) is 4.98 Å². The van der Waals surface area contributed by atoms with E-state index in [1.807, 2.05) is 0 Å². The molecule has 6 heteroatoms. The number of carbonyl (C=O) groups excluding carboxylic acids is 1. The first kappa shape index (κ1) is 15.8. The van der Waals surface area contributed by atoms with Gasteiger partial charge in [0.05, 0.1) is 5.41 Å². The minimum atomic E-state index is -0.844. The molecule has 1 heterocycles. The molecule has 21 heavy (non-hydrogen) atoms. The normalized spacial score (nSPS) is 17.8. The quantitative estimate of drug-likeness (QED) is 0.662. The van der Waals surface area contributed by atoms with Gasteiger partial charge in [0.25, 0.3) is 5.91 Å². The Labute approximate surface area is 128 Å². The average molecular weight is 311 g/mol. The Morgan fingerprint density at radius 3 is 2.52 bits per heavy atom. The number of amides is 1. The molecular formula is C15H19ClN2O3. The Hall–Kier alpha value is -1.62. The van der Waals surface area contributed by atoms with Gasteiger partial charge < -0.3 is 10.4 Å². The molecule has 114 valence electrons. The van der Waals surface area contributed by atoms with E-state index in [4.69, 9.17) is 11.6 Å². The Kier molecular flexibility index (Phi) is 5.17. The van der Waals surface area contributed by atoms with Crippen molar-refractivity contribution in [3.8, 4) is 0 Å². The molecule has 1 aliphatic carbocycles. The number of carboxylic acid groups (broad SMARTS) is 1. The number of carboxylic acids is 1. The van der Waals surface area contributed by atoms with Crippen LogP contribution in [0.3, 0.4) is 0 Å². The molecule has 0 aliphatic heterocycles. The summed E-state index contributed by atoms with van der Waals surface area (Å²) >= 11 is 5.75. The first-order valence-corrected chi connectivity index (χ1v) is 7.54. The van der Waals surface area contributed by atoms with Gasteiger partial charge in [-0.2, -0.15) is 0 Å². The highest BCUT2D eigenvalue weighted by atomic mass is 35.5. The number of nitrogens with zero attached hydrogens (tertiary/aromatic N) is 1. The topological polar surface area (TPSA) is 79.3 Å². The number of hydrogen-bond acceptors (Lipinski definition) is 3. The molecule has 2 N–H and O–H groups in total. The van der Waals surface area contributed by atoms with Gasteiger partial charge in [-0.05, 0) is 25.0 Å². The van der Waals surface area contributed by atoms with Crippen LogP contribution in [0.2, 0.25) is 5.15 Å². The van der Waals surface area contributed by atoms with Gasteiger partial charge in [-0.3, -0.25) is 9.59 Å². The van der Waals surface area contributed by atoms with Crippen molar-refractivity contribution in [2.45, 2.75) is 38.5 Å². The second-order valence-electron chi connectivity index (χ2n) is 5.55. The number of pyridine rings is 1. The van der Waals surface area contributed by atoms with E-state index >= 15 is 0 Å². The van der Waals surface area contributed by atoms with Gasteiger partial charge in [0, 0.05) is 18.3 Å². The second-order valence-corrected chi connectivity index (χ2v) is 5.94. The fourth-order valence-electron chi connectivity index (χ4n) is 2.77. The van der Waals surface area contributed by atoms with Crippen LogP contribution in [0.1, 0.15) is 48.9 Å². The van der Waals surface area contributed by atoms with Crippen LogP contribution >= 0.6 is 11.6 Å². The molecule has 1 aromatic heterocycles. The fraction of sp³-hybridized carbons (Fsp3) is 0.533. The maximum Gasteiger partial charge on any atom is 0.311 e. The summed E-state index contributed by atoms with van der Waals surface area (Å²) in [4.78, 5) is 27.6. The average Bonchev–Trinajstić information content (AvgIpc) is 2.71. The van der Waals surface area contributed by atoms with Gasteiger partial charge in [0.1, 0.15) is 5.15 Å². The van der Waals surface area contributed by atoms with E-state index in [1.54, 1.807) is 6.07 Å². The van der Waals surface area contributed by atoms with Crippen LogP contribution in [0.4, 0.5) is 0 Å². The van der Waals surface area contributed by atoms with Crippen LogP contribution in [0.15, 0.2) is 18.3 Å². The van der Waals surface area contributed by atoms with Crippen LogP contribution in [0.25, 0.3) is 0 Å². The summed E-state index contributed by atoms with van der Waals surface area (Å²) < 4.78 is 0. The predicted molar refractivity (Wildman–Crippen MR) is 79.4 cm³/mol. The summed E-state index contributed by atoms with van der Waals surface area (Å²) in [5.41, 5.74) is -0.452. The number of rotatable bonds is 4. The van der Waals surface area contributed by atoms with Crippen LogP contribution in [0, 0.1) is 5.41 Å². The third-order valence-corrected chi connectivity index (χ3v) is 4.30. The van der Waals surface area contributed by atoms with Gasteiger partial charge in [-0.15, -0.1) is 0 Å². The van der Waals surface area contributed by atoms with E-state index in [9.17, 15) is 14.7 Å². The molecule has 1 aliphatic rings. The van der Waals surface area contributed by atoms with Crippen molar-refractivity contribution >= 4 is 23.5 Å². The molecule has 1 aromatic rings. The second kappa shape index (κ2) is 6.89. The summed E-state index contributed by atoms with van der Waals surface area (Å²) in [6, 6.07) is 3.03. The summed E-state index contributed by atoms with van der Waals surface area (Å²) in [5, 5.41) is 12.5. The molecule has 1 fully saturated rings. The van der Waals surface area contributed by atoms with Gasteiger partial charge in [0.2, 0.25) is 0 Å². The number of nitrogens with one attached hydrogen (secondary N) is 1. The molecule has 5 nitrogen and oxygen atoms in total. The monoisotopic (exact) mass is 310 g/mol. The third kappa shape index (κ3) is 3.94. The molecule has 0 saturated heterocycles. The highest BCUT2D eigenvalue weighted by molar-refractivity contribution is 6.29. The van der Waals surface area contributed by atoms with E-state index in [1.165, 1.54) is 12.3 Å². The van der Waals surface area contributed by atoms with Gasteiger partial charge in [0.15, 0.2) is 0 Å². The SMILES string of the molecule is O=C(NCC1(C(=O)O)CCCCCC1)c1ccnc(Cl)c1. The Morgan fingerprint density at radius 1 is 1.29 bits per heavy atom. The van der Waals surface area contributed by atoms with Crippen molar-refractivity contribution in [1.82, 2.24) is 10.3 Å². The van der Waals surface area contributed by atoms with Crippen molar-refractivity contribution in [2.75, 3.05) is 6.54 Å². The highest BCUT2D eigenvalue weighted by Gasteiger charge is 2.38. The van der Waals surface area contributed by atoms with Crippen molar-refractivity contribution < 1.29 is 14.7 Å². The van der Waals surface area contributed by atoms with Crippen molar-refractivity contribution in [1.29, 1.82) is 0 Å². The summed E-state index contributed by atoms with van der Waals surface area (Å²) in [7, 11) is 0.